The maximum Gasteiger partial charge on any atom is 0.246 e. The van der Waals surface area contributed by atoms with Crippen molar-refractivity contribution in [3.8, 4) is 11.8 Å². The fraction of sp³-hybridized carbons (Fsp3) is 0.312. The zero-order valence-corrected chi connectivity index (χ0v) is 11.6. The first-order chi connectivity index (χ1) is 9.76. The highest BCUT2D eigenvalue weighted by Crippen LogP contribution is 2.32. The molecule has 0 bridgehead atoms. The second kappa shape index (κ2) is 6.78. The standard InChI is InChI=1S/C16H18N2O2/c1-3-8-18-10-12(2)11-19-16-13-6-4-5-7-14(13)20-15(16)9-17/h4-7,18H,2-3,8,10-11H2,1H3. The molecule has 1 aromatic carbocycles. The van der Waals surface area contributed by atoms with Gasteiger partial charge in [0.15, 0.2) is 5.75 Å². The molecule has 0 spiro atoms. The predicted octanol–water partition coefficient (Wildman–Crippen LogP) is 3.24. The van der Waals surface area contributed by atoms with Gasteiger partial charge in [-0.2, -0.15) is 5.26 Å². The summed E-state index contributed by atoms with van der Waals surface area (Å²) in [7, 11) is 0. The monoisotopic (exact) mass is 270 g/mol. The van der Waals surface area contributed by atoms with Crippen LogP contribution in [0.2, 0.25) is 0 Å². The molecule has 0 aliphatic carbocycles. The van der Waals surface area contributed by atoms with Gasteiger partial charge < -0.3 is 14.5 Å². The summed E-state index contributed by atoms with van der Waals surface area (Å²) in [4.78, 5) is 0. The van der Waals surface area contributed by atoms with E-state index < -0.39 is 0 Å². The Morgan fingerprint density at radius 3 is 3.00 bits per heavy atom. The van der Waals surface area contributed by atoms with Crippen LogP contribution in [0.15, 0.2) is 40.8 Å². The van der Waals surface area contributed by atoms with Crippen LogP contribution in [0.1, 0.15) is 19.1 Å². The van der Waals surface area contributed by atoms with Gasteiger partial charge in [-0.1, -0.05) is 25.6 Å². The third-order valence-corrected chi connectivity index (χ3v) is 2.87. The van der Waals surface area contributed by atoms with Gasteiger partial charge in [0.1, 0.15) is 18.3 Å². The van der Waals surface area contributed by atoms with Crippen molar-refractivity contribution in [2.45, 2.75) is 13.3 Å². The molecule has 20 heavy (non-hydrogen) atoms. The first kappa shape index (κ1) is 14.2. The largest absolute Gasteiger partial charge is 0.484 e. The number of nitriles is 1. The van der Waals surface area contributed by atoms with Gasteiger partial charge in [0, 0.05) is 6.54 Å². The van der Waals surface area contributed by atoms with Crippen LogP contribution in [0.25, 0.3) is 11.0 Å². The Morgan fingerprint density at radius 1 is 1.45 bits per heavy atom. The highest BCUT2D eigenvalue weighted by Gasteiger charge is 2.15. The zero-order valence-electron chi connectivity index (χ0n) is 11.6. The first-order valence-corrected chi connectivity index (χ1v) is 6.68. The lowest BCUT2D eigenvalue weighted by molar-refractivity contribution is 0.344. The smallest absolute Gasteiger partial charge is 0.246 e. The molecular formula is C16H18N2O2. The summed E-state index contributed by atoms with van der Waals surface area (Å²) in [6, 6.07) is 9.48. The summed E-state index contributed by atoms with van der Waals surface area (Å²) in [6.45, 7) is 8.11. The number of rotatable bonds is 7. The van der Waals surface area contributed by atoms with Crippen LogP contribution in [0.4, 0.5) is 0 Å². The number of benzene rings is 1. The minimum Gasteiger partial charge on any atom is -0.484 e. The van der Waals surface area contributed by atoms with Gasteiger partial charge in [-0.3, -0.25) is 0 Å². The normalized spacial score (nSPS) is 10.4. The number of hydrogen-bond donors (Lipinski definition) is 1. The van der Waals surface area contributed by atoms with Crippen LogP contribution in [-0.2, 0) is 0 Å². The van der Waals surface area contributed by atoms with Crippen molar-refractivity contribution in [3.63, 3.8) is 0 Å². The number of fused-ring (bicyclic) bond motifs is 1. The van der Waals surface area contributed by atoms with Gasteiger partial charge >= 0.3 is 0 Å². The molecule has 1 N–H and O–H groups in total. The Balaban J connectivity index is 2.06. The second-order valence-corrected chi connectivity index (χ2v) is 4.58. The molecule has 4 nitrogen and oxygen atoms in total. The van der Waals surface area contributed by atoms with Crippen molar-refractivity contribution in [2.24, 2.45) is 0 Å². The molecule has 1 aromatic heterocycles. The molecule has 0 aliphatic rings. The fourth-order valence-corrected chi connectivity index (χ4v) is 1.91. The van der Waals surface area contributed by atoms with E-state index in [2.05, 4.69) is 18.8 Å². The number of para-hydroxylation sites is 1. The number of nitrogens with zero attached hydrogens (tertiary/aromatic N) is 1. The summed E-state index contributed by atoms with van der Waals surface area (Å²) in [5.74, 6) is 0.709. The van der Waals surface area contributed by atoms with Gasteiger partial charge in [0.2, 0.25) is 5.76 Å². The van der Waals surface area contributed by atoms with Crippen LogP contribution in [0.3, 0.4) is 0 Å². The number of hydrogen-bond acceptors (Lipinski definition) is 4. The van der Waals surface area contributed by atoms with Crippen LogP contribution >= 0.6 is 0 Å². The van der Waals surface area contributed by atoms with E-state index in [0.717, 1.165) is 23.9 Å². The van der Waals surface area contributed by atoms with Gasteiger partial charge in [0.25, 0.3) is 0 Å². The Hall–Kier alpha value is -2.25. The van der Waals surface area contributed by atoms with E-state index in [1.54, 1.807) is 0 Å². The first-order valence-electron chi connectivity index (χ1n) is 6.68. The molecule has 2 aromatic rings. The third kappa shape index (κ3) is 3.19. The van der Waals surface area contributed by atoms with Crippen molar-refractivity contribution in [3.05, 3.63) is 42.2 Å². The van der Waals surface area contributed by atoms with Crippen LogP contribution < -0.4 is 10.1 Å². The molecule has 104 valence electrons. The van der Waals surface area contributed by atoms with Crippen molar-refractivity contribution < 1.29 is 9.15 Å². The summed E-state index contributed by atoms with van der Waals surface area (Å²) >= 11 is 0. The number of furan rings is 1. The topological polar surface area (TPSA) is 58.2 Å². The van der Waals surface area contributed by atoms with Gasteiger partial charge in [-0.15, -0.1) is 0 Å². The van der Waals surface area contributed by atoms with E-state index in [1.165, 1.54) is 0 Å². The molecule has 4 heteroatoms. The molecule has 1 heterocycles. The molecule has 0 saturated heterocycles. The summed E-state index contributed by atoms with van der Waals surface area (Å²) in [5.41, 5.74) is 1.60. The minimum atomic E-state index is 0.209. The fourth-order valence-electron chi connectivity index (χ4n) is 1.91. The molecule has 0 amide bonds. The predicted molar refractivity (Wildman–Crippen MR) is 78.7 cm³/mol. The number of nitrogens with one attached hydrogen (secondary N) is 1. The maximum absolute atomic E-state index is 9.10. The van der Waals surface area contributed by atoms with Crippen LogP contribution in [-0.4, -0.2) is 19.7 Å². The highest BCUT2D eigenvalue weighted by molar-refractivity contribution is 5.86. The van der Waals surface area contributed by atoms with Gasteiger partial charge in [0.05, 0.1) is 5.39 Å². The molecule has 0 fully saturated rings. The van der Waals surface area contributed by atoms with E-state index in [-0.39, 0.29) is 5.76 Å². The lowest BCUT2D eigenvalue weighted by Crippen LogP contribution is -2.20. The van der Waals surface area contributed by atoms with E-state index in [1.807, 2.05) is 30.3 Å². The Labute approximate surface area is 118 Å². The highest BCUT2D eigenvalue weighted by atomic mass is 16.5. The minimum absolute atomic E-state index is 0.209. The average Bonchev–Trinajstić information content (AvgIpc) is 2.83. The summed E-state index contributed by atoms with van der Waals surface area (Å²) in [6.07, 6.45) is 1.08. The van der Waals surface area contributed by atoms with Crippen LogP contribution in [0, 0.1) is 11.3 Å². The average molecular weight is 270 g/mol. The van der Waals surface area contributed by atoms with Crippen molar-refractivity contribution in [1.82, 2.24) is 5.32 Å². The van der Waals surface area contributed by atoms with Gasteiger partial charge in [-0.25, -0.2) is 0 Å². The van der Waals surface area contributed by atoms with E-state index in [9.17, 15) is 0 Å². The Bertz CT molecular complexity index is 637. The molecule has 2 rings (SSSR count). The lowest BCUT2D eigenvalue weighted by atomic mass is 10.2. The van der Waals surface area contributed by atoms with E-state index >= 15 is 0 Å². The Morgan fingerprint density at radius 2 is 2.25 bits per heavy atom. The molecule has 0 radical (unpaired) electrons. The van der Waals surface area contributed by atoms with Crippen molar-refractivity contribution in [2.75, 3.05) is 19.7 Å². The van der Waals surface area contributed by atoms with E-state index in [4.69, 9.17) is 14.4 Å². The zero-order chi connectivity index (χ0) is 14.4. The summed E-state index contributed by atoms with van der Waals surface area (Å²) in [5, 5.41) is 13.2. The third-order valence-electron chi connectivity index (χ3n) is 2.87. The second-order valence-electron chi connectivity index (χ2n) is 4.58. The summed E-state index contributed by atoms with van der Waals surface area (Å²) < 4.78 is 11.2. The van der Waals surface area contributed by atoms with Crippen molar-refractivity contribution >= 4 is 11.0 Å². The Kier molecular flexibility index (Phi) is 4.80. The molecule has 0 saturated carbocycles. The maximum atomic E-state index is 9.10. The SMILES string of the molecule is C=C(CNCCC)COc1c(C#N)oc2ccccc12. The van der Waals surface area contributed by atoms with Crippen LogP contribution in [0.5, 0.6) is 5.75 Å². The molecule has 0 aliphatic heterocycles. The van der Waals surface area contributed by atoms with E-state index in [0.29, 0.717) is 24.5 Å². The molecular weight excluding hydrogens is 252 g/mol. The lowest BCUT2D eigenvalue weighted by Gasteiger charge is -2.08. The quantitative estimate of drug-likeness (QED) is 0.620. The molecule has 0 unspecified atom stereocenters. The molecule has 0 atom stereocenters. The number of ether oxygens (including phenoxy) is 1. The van der Waals surface area contributed by atoms with Gasteiger partial charge in [-0.05, 0) is 30.7 Å². The van der Waals surface area contributed by atoms with Crippen molar-refractivity contribution in [1.29, 1.82) is 5.26 Å².